The number of aryl methyl sites for hydroxylation is 1. The zero-order valence-corrected chi connectivity index (χ0v) is 19.3. The van der Waals surface area contributed by atoms with Crippen LogP contribution in [0.3, 0.4) is 0 Å². The van der Waals surface area contributed by atoms with Gasteiger partial charge in [0, 0.05) is 31.7 Å². The van der Waals surface area contributed by atoms with Crippen molar-refractivity contribution < 1.29 is 18.4 Å². The first-order valence-electron chi connectivity index (χ1n) is 10.8. The molecule has 1 fully saturated rings. The molecule has 8 heteroatoms. The van der Waals surface area contributed by atoms with Gasteiger partial charge in [0.25, 0.3) is 11.8 Å². The number of likely N-dealkylation sites (tertiary alicyclic amines) is 1. The SMILES string of the molecule is Cc1ccc(C(=O)N(C)Cc2ccco2)c(C2CCN(C(=O)c3c(F)cccc3Cl)CC2)n1. The van der Waals surface area contributed by atoms with Gasteiger partial charge in [-0.05, 0) is 56.2 Å². The first-order chi connectivity index (χ1) is 15.8. The number of hydrogen-bond acceptors (Lipinski definition) is 4. The van der Waals surface area contributed by atoms with Gasteiger partial charge >= 0.3 is 0 Å². The second-order valence-electron chi connectivity index (χ2n) is 8.29. The zero-order valence-electron chi connectivity index (χ0n) is 18.6. The van der Waals surface area contributed by atoms with Crippen LogP contribution in [-0.4, -0.2) is 46.7 Å². The van der Waals surface area contributed by atoms with Gasteiger partial charge in [-0.3, -0.25) is 14.6 Å². The molecule has 0 atom stereocenters. The van der Waals surface area contributed by atoms with Crippen molar-refractivity contribution in [2.45, 2.75) is 32.2 Å². The molecule has 0 radical (unpaired) electrons. The van der Waals surface area contributed by atoms with Crippen LogP contribution in [0.2, 0.25) is 5.02 Å². The predicted octanol–water partition coefficient (Wildman–Crippen LogP) is 5.07. The van der Waals surface area contributed by atoms with Gasteiger partial charge < -0.3 is 14.2 Å². The van der Waals surface area contributed by atoms with E-state index in [2.05, 4.69) is 0 Å². The molecule has 1 aliphatic rings. The predicted molar refractivity (Wildman–Crippen MR) is 123 cm³/mol. The van der Waals surface area contributed by atoms with E-state index < -0.39 is 11.7 Å². The summed E-state index contributed by atoms with van der Waals surface area (Å²) < 4.78 is 19.6. The molecule has 0 aliphatic carbocycles. The Morgan fingerprint density at radius 2 is 1.94 bits per heavy atom. The first kappa shape index (κ1) is 23.0. The minimum Gasteiger partial charge on any atom is -0.467 e. The van der Waals surface area contributed by atoms with Crippen molar-refractivity contribution in [3.05, 3.63) is 87.8 Å². The largest absolute Gasteiger partial charge is 0.467 e. The van der Waals surface area contributed by atoms with Gasteiger partial charge in [0.2, 0.25) is 0 Å². The van der Waals surface area contributed by atoms with Gasteiger partial charge in [0.05, 0.1) is 34.7 Å². The fourth-order valence-electron chi connectivity index (χ4n) is 4.20. The summed E-state index contributed by atoms with van der Waals surface area (Å²) in [6.07, 6.45) is 2.82. The standard InChI is InChI=1S/C25H25ClFN3O3/c1-16-8-9-19(24(31)29(2)15-18-5-4-14-33-18)23(28-16)17-10-12-30(13-11-17)25(32)22-20(26)6-3-7-21(22)27/h3-9,14,17H,10-13,15H2,1-2H3. The van der Waals surface area contributed by atoms with Crippen LogP contribution in [0.5, 0.6) is 0 Å². The van der Waals surface area contributed by atoms with Crippen molar-refractivity contribution in [1.82, 2.24) is 14.8 Å². The van der Waals surface area contributed by atoms with Gasteiger partial charge in [-0.25, -0.2) is 4.39 Å². The summed E-state index contributed by atoms with van der Waals surface area (Å²) in [5.74, 6) is -0.455. The quantitative estimate of drug-likeness (QED) is 0.523. The molecule has 1 saturated heterocycles. The lowest BCUT2D eigenvalue weighted by atomic mass is 9.89. The van der Waals surface area contributed by atoms with Crippen LogP contribution in [-0.2, 0) is 6.54 Å². The molecule has 0 N–H and O–H groups in total. The lowest BCUT2D eigenvalue weighted by Crippen LogP contribution is -2.39. The fraction of sp³-hybridized carbons (Fsp3) is 0.320. The Morgan fingerprint density at radius 3 is 2.61 bits per heavy atom. The zero-order chi connectivity index (χ0) is 23.5. The third kappa shape index (κ3) is 4.93. The number of halogens is 2. The molecule has 2 aromatic heterocycles. The minimum atomic E-state index is -0.623. The monoisotopic (exact) mass is 469 g/mol. The number of nitrogens with zero attached hydrogens (tertiary/aromatic N) is 3. The van der Waals surface area contributed by atoms with E-state index in [1.54, 1.807) is 29.2 Å². The van der Waals surface area contributed by atoms with Gasteiger partial charge in [0.1, 0.15) is 11.6 Å². The number of piperidine rings is 1. The highest BCUT2D eigenvalue weighted by atomic mass is 35.5. The molecule has 4 rings (SSSR count). The lowest BCUT2D eigenvalue weighted by molar-refractivity contribution is 0.0702. The Hall–Kier alpha value is -3.19. The molecular weight excluding hydrogens is 445 g/mol. The number of pyridine rings is 1. The van der Waals surface area contributed by atoms with Crippen molar-refractivity contribution >= 4 is 23.4 Å². The summed E-state index contributed by atoms with van der Waals surface area (Å²) in [6.45, 7) is 3.11. The topological polar surface area (TPSA) is 66.7 Å². The van der Waals surface area contributed by atoms with E-state index in [1.165, 1.54) is 18.2 Å². The van der Waals surface area contributed by atoms with Gasteiger partial charge in [-0.15, -0.1) is 0 Å². The maximum Gasteiger partial charge on any atom is 0.258 e. The highest BCUT2D eigenvalue weighted by molar-refractivity contribution is 6.33. The molecule has 6 nitrogen and oxygen atoms in total. The van der Waals surface area contributed by atoms with E-state index in [4.69, 9.17) is 21.0 Å². The second kappa shape index (κ2) is 9.75. The van der Waals surface area contributed by atoms with Crippen molar-refractivity contribution in [2.24, 2.45) is 0 Å². The molecule has 0 unspecified atom stereocenters. The Bertz CT molecular complexity index is 1140. The van der Waals surface area contributed by atoms with E-state index in [0.717, 1.165) is 11.4 Å². The number of carbonyl (C=O) groups excluding carboxylic acids is 2. The molecule has 0 saturated carbocycles. The number of benzene rings is 1. The highest BCUT2D eigenvalue weighted by Gasteiger charge is 2.30. The van der Waals surface area contributed by atoms with E-state index in [-0.39, 0.29) is 22.4 Å². The van der Waals surface area contributed by atoms with E-state index in [9.17, 15) is 14.0 Å². The molecule has 3 heterocycles. The van der Waals surface area contributed by atoms with Gasteiger partial charge in [-0.2, -0.15) is 0 Å². The first-order valence-corrected chi connectivity index (χ1v) is 11.2. The maximum atomic E-state index is 14.2. The molecule has 1 aliphatic heterocycles. The average molecular weight is 470 g/mol. The summed E-state index contributed by atoms with van der Waals surface area (Å²) in [5.41, 5.74) is 2.02. The molecule has 33 heavy (non-hydrogen) atoms. The van der Waals surface area contributed by atoms with Gasteiger partial charge in [-0.1, -0.05) is 17.7 Å². The average Bonchev–Trinajstić information content (AvgIpc) is 3.31. The molecule has 1 aromatic carbocycles. The van der Waals surface area contributed by atoms with E-state index in [0.29, 0.717) is 43.8 Å². The number of amides is 2. The van der Waals surface area contributed by atoms with E-state index in [1.807, 2.05) is 25.1 Å². The maximum absolute atomic E-state index is 14.2. The van der Waals surface area contributed by atoms with Crippen LogP contribution in [0.4, 0.5) is 4.39 Å². The van der Waals surface area contributed by atoms with Crippen LogP contribution < -0.4 is 0 Å². The summed E-state index contributed by atoms with van der Waals surface area (Å²) in [4.78, 5) is 34.0. The van der Waals surface area contributed by atoms with Crippen LogP contribution in [0.15, 0.2) is 53.1 Å². The van der Waals surface area contributed by atoms with E-state index >= 15 is 0 Å². The molecule has 172 valence electrons. The second-order valence-corrected chi connectivity index (χ2v) is 8.70. The number of furan rings is 1. The Kier molecular flexibility index (Phi) is 6.79. The lowest BCUT2D eigenvalue weighted by Gasteiger charge is -2.33. The summed E-state index contributed by atoms with van der Waals surface area (Å²) in [5, 5.41) is 0.106. The smallest absolute Gasteiger partial charge is 0.258 e. The normalized spacial score (nSPS) is 14.4. The Morgan fingerprint density at radius 1 is 1.18 bits per heavy atom. The number of carbonyl (C=O) groups is 2. The van der Waals surface area contributed by atoms with Gasteiger partial charge in [0.15, 0.2) is 0 Å². The number of rotatable bonds is 5. The summed E-state index contributed by atoms with van der Waals surface area (Å²) in [6, 6.07) is 11.5. The highest BCUT2D eigenvalue weighted by Crippen LogP contribution is 2.31. The fourth-order valence-corrected chi connectivity index (χ4v) is 4.44. The minimum absolute atomic E-state index is 0.0148. The van der Waals surface area contributed by atoms with Crippen molar-refractivity contribution in [1.29, 1.82) is 0 Å². The van der Waals surface area contributed by atoms with Crippen molar-refractivity contribution in [2.75, 3.05) is 20.1 Å². The molecule has 2 amide bonds. The Balaban J connectivity index is 1.50. The van der Waals surface area contributed by atoms with Crippen LogP contribution in [0.1, 0.15) is 56.6 Å². The number of aromatic nitrogens is 1. The molecular formula is C25H25ClFN3O3. The third-order valence-electron chi connectivity index (χ3n) is 5.96. The van der Waals surface area contributed by atoms with Crippen molar-refractivity contribution in [3.63, 3.8) is 0 Å². The number of hydrogen-bond donors (Lipinski definition) is 0. The molecule has 0 bridgehead atoms. The Labute approximate surface area is 197 Å². The van der Waals surface area contributed by atoms with Crippen LogP contribution in [0.25, 0.3) is 0 Å². The van der Waals surface area contributed by atoms with Crippen LogP contribution in [0, 0.1) is 12.7 Å². The summed E-state index contributed by atoms with van der Waals surface area (Å²) >= 11 is 6.08. The molecule has 0 spiro atoms. The summed E-state index contributed by atoms with van der Waals surface area (Å²) in [7, 11) is 1.73. The van der Waals surface area contributed by atoms with Crippen LogP contribution >= 0.6 is 11.6 Å². The third-order valence-corrected chi connectivity index (χ3v) is 6.27. The van der Waals surface area contributed by atoms with Crippen molar-refractivity contribution in [3.8, 4) is 0 Å². The molecule has 3 aromatic rings.